The van der Waals surface area contributed by atoms with Crippen LogP contribution >= 0.6 is 0 Å². The number of phenols is 1. The molecule has 0 bridgehead atoms. The monoisotopic (exact) mass is 418 g/mol. The van der Waals surface area contributed by atoms with Gasteiger partial charge in [0, 0.05) is 6.07 Å². The van der Waals surface area contributed by atoms with Crippen molar-refractivity contribution >= 4 is 27.1 Å². The van der Waals surface area contributed by atoms with Crippen molar-refractivity contribution < 1.29 is 18.4 Å². The van der Waals surface area contributed by atoms with Crippen molar-refractivity contribution in [1.82, 2.24) is 9.78 Å². The van der Waals surface area contributed by atoms with Crippen LogP contribution in [0.3, 0.4) is 0 Å². The van der Waals surface area contributed by atoms with Gasteiger partial charge in [0.15, 0.2) is 5.69 Å². The van der Waals surface area contributed by atoms with Gasteiger partial charge in [-0.1, -0.05) is 6.07 Å². The first-order valence-electron chi connectivity index (χ1n) is 7.92. The van der Waals surface area contributed by atoms with Crippen LogP contribution in [-0.2, 0) is 10.0 Å². The average molecular weight is 418 g/mol. The number of primary sulfonamides is 1. The highest BCUT2D eigenvalue weighted by Crippen LogP contribution is 2.31. The number of aryl methyl sites for hydroxylation is 1. The molecule has 13 heteroatoms. The molecular weight excluding hydrogens is 404 g/mol. The Labute approximate surface area is 163 Å². The topological polar surface area (TPSA) is 186 Å². The largest absolute Gasteiger partial charge is 0.505 e. The highest BCUT2D eigenvalue weighted by atomic mass is 32.2. The Hall–Kier alpha value is -3.84. The van der Waals surface area contributed by atoms with Gasteiger partial charge >= 0.3 is 0 Å². The van der Waals surface area contributed by atoms with Gasteiger partial charge in [-0.05, 0) is 31.2 Å². The van der Waals surface area contributed by atoms with Gasteiger partial charge in [0.1, 0.15) is 11.4 Å². The van der Waals surface area contributed by atoms with Crippen LogP contribution < -0.4 is 10.7 Å². The Bertz CT molecular complexity index is 1310. The fourth-order valence-corrected chi connectivity index (χ4v) is 3.00. The van der Waals surface area contributed by atoms with E-state index < -0.39 is 26.3 Å². The quantitative estimate of drug-likeness (QED) is 0.323. The molecule has 0 saturated heterocycles. The predicted octanol–water partition coefficient (Wildman–Crippen LogP) is 2.15. The molecule has 0 spiro atoms. The summed E-state index contributed by atoms with van der Waals surface area (Å²) >= 11 is 0. The van der Waals surface area contributed by atoms with E-state index in [1.807, 2.05) is 0 Å². The molecule has 1 heterocycles. The summed E-state index contributed by atoms with van der Waals surface area (Å²) in [5.74, 6) is -0.475. The molecule has 0 saturated carbocycles. The fourth-order valence-electron chi connectivity index (χ4n) is 2.45. The molecule has 0 aliphatic carbocycles. The van der Waals surface area contributed by atoms with Gasteiger partial charge in [0.25, 0.3) is 11.2 Å². The third-order valence-corrected chi connectivity index (χ3v) is 4.78. The number of sulfonamides is 1. The zero-order chi connectivity index (χ0) is 21.3. The molecule has 0 aliphatic rings. The Kier molecular flexibility index (Phi) is 5.01. The smallest absolute Gasteiger partial charge is 0.299 e. The van der Waals surface area contributed by atoms with Crippen molar-refractivity contribution in [3.63, 3.8) is 0 Å². The van der Waals surface area contributed by atoms with Crippen molar-refractivity contribution in [3.05, 3.63) is 68.6 Å². The lowest BCUT2D eigenvalue weighted by Gasteiger charge is -2.03. The zero-order valence-corrected chi connectivity index (χ0v) is 15.6. The highest BCUT2D eigenvalue weighted by molar-refractivity contribution is 7.89. The van der Waals surface area contributed by atoms with E-state index in [4.69, 9.17) is 5.14 Å². The second kappa shape index (κ2) is 7.29. The summed E-state index contributed by atoms with van der Waals surface area (Å²) in [5.41, 5.74) is -0.580. The number of nitro benzene ring substituents is 1. The number of nitrogens with zero attached hydrogens (tertiary/aromatic N) is 4. The Morgan fingerprint density at radius 1 is 1.21 bits per heavy atom. The first kappa shape index (κ1) is 19.9. The van der Waals surface area contributed by atoms with Gasteiger partial charge in [-0.2, -0.15) is 0 Å². The van der Waals surface area contributed by atoms with Crippen molar-refractivity contribution in [2.75, 3.05) is 0 Å². The second-order valence-corrected chi connectivity index (χ2v) is 7.46. The molecule has 2 aromatic carbocycles. The number of aromatic hydroxyl groups is 1. The number of non-ortho nitro benzene ring substituents is 1. The van der Waals surface area contributed by atoms with Crippen LogP contribution in [0.2, 0.25) is 0 Å². The SMILES string of the molecule is Cc1[nH]n(-c2cccc(S(N)(=O)=O)c2)c(=O)c1N=Nc1ccc([N+](=O)[O-])cc1O. The fraction of sp³-hybridized carbons (Fsp3) is 0.0625. The van der Waals surface area contributed by atoms with Gasteiger partial charge in [-0.3, -0.25) is 20.0 Å². The van der Waals surface area contributed by atoms with Crippen molar-refractivity contribution in [2.24, 2.45) is 15.4 Å². The lowest BCUT2D eigenvalue weighted by molar-refractivity contribution is -0.384. The molecule has 0 unspecified atom stereocenters. The minimum absolute atomic E-state index is 0.0710. The van der Waals surface area contributed by atoms with Crippen LogP contribution in [0.5, 0.6) is 5.75 Å². The Balaban J connectivity index is 2.00. The molecule has 0 aliphatic heterocycles. The number of rotatable bonds is 5. The van der Waals surface area contributed by atoms with Gasteiger partial charge in [-0.25, -0.2) is 18.2 Å². The maximum atomic E-state index is 12.6. The van der Waals surface area contributed by atoms with Crippen LogP contribution in [-0.4, -0.2) is 28.2 Å². The summed E-state index contributed by atoms with van der Waals surface area (Å²) in [6, 6.07) is 8.66. The van der Waals surface area contributed by atoms with E-state index in [0.29, 0.717) is 5.69 Å². The summed E-state index contributed by atoms with van der Waals surface area (Å²) in [6.07, 6.45) is 0. The molecule has 12 nitrogen and oxygen atoms in total. The summed E-state index contributed by atoms with van der Waals surface area (Å²) in [5, 5.41) is 36.0. The summed E-state index contributed by atoms with van der Waals surface area (Å²) in [7, 11) is -3.96. The molecule has 1 aromatic heterocycles. The van der Waals surface area contributed by atoms with E-state index >= 15 is 0 Å². The standard InChI is InChI=1S/C16H14N6O6S/c1-9-15(19-18-13-6-5-11(22(25)26)8-14(13)23)16(24)21(20-9)10-3-2-4-12(7-10)29(17,27)28/h2-8,20,23H,1H3,(H2,17,27,28). The predicted molar refractivity (Wildman–Crippen MR) is 101 cm³/mol. The van der Waals surface area contributed by atoms with Crippen LogP contribution in [0, 0.1) is 17.0 Å². The number of hydrogen-bond donors (Lipinski definition) is 3. The molecule has 0 atom stereocenters. The molecular formula is C16H14N6O6S. The van der Waals surface area contributed by atoms with Crippen molar-refractivity contribution in [1.29, 1.82) is 0 Å². The Morgan fingerprint density at radius 3 is 2.55 bits per heavy atom. The molecule has 3 rings (SSSR count). The van der Waals surface area contributed by atoms with E-state index in [1.54, 1.807) is 6.92 Å². The average Bonchev–Trinajstić information content (AvgIpc) is 2.94. The van der Waals surface area contributed by atoms with Crippen molar-refractivity contribution in [2.45, 2.75) is 11.8 Å². The van der Waals surface area contributed by atoms with Gasteiger partial charge in [0.05, 0.1) is 27.3 Å². The highest BCUT2D eigenvalue weighted by Gasteiger charge is 2.15. The minimum Gasteiger partial charge on any atom is -0.505 e. The number of benzene rings is 2. The molecule has 0 amide bonds. The minimum atomic E-state index is -3.96. The number of nitro groups is 1. The van der Waals surface area contributed by atoms with E-state index in [9.17, 15) is 28.4 Å². The first-order valence-corrected chi connectivity index (χ1v) is 9.46. The van der Waals surface area contributed by atoms with Crippen LogP contribution in [0.15, 0.2) is 62.4 Å². The maximum Gasteiger partial charge on any atom is 0.299 e. The molecule has 0 fully saturated rings. The summed E-state index contributed by atoms with van der Waals surface area (Å²) in [4.78, 5) is 22.5. The van der Waals surface area contributed by atoms with Crippen LogP contribution in [0.1, 0.15) is 5.69 Å². The van der Waals surface area contributed by atoms with Crippen LogP contribution in [0.25, 0.3) is 5.69 Å². The number of H-pyrrole nitrogens is 1. The molecule has 150 valence electrons. The molecule has 0 radical (unpaired) electrons. The summed E-state index contributed by atoms with van der Waals surface area (Å²) < 4.78 is 24.1. The zero-order valence-electron chi connectivity index (χ0n) is 14.8. The van der Waals surface area contributed by atoms with Gasteiger partial charge in [0.2, 0.25) is 10.0 Å². The number of azo groups is 1. The van der Waals surface area contributed by atoms with Crippen LogP contribution in [0.4, 0.5) is 17.1 Å². The first-order chi connectivity index (χ1) is 13.6. The van der Waals surface area contributed by atoms with Gasteiger partial charge < -0.3 is 5.11 Å². The van der Waals surface area contributed by atoms with E-state index in [2.05, 4.69) is 15.3 Å². The number of hydrogen-bond acceptors (Lipinski definition) is 8. The number of phenolic OH excluding ortho intramolecular Hbond substituents is 1. The lowest BCUT2D eigenvalue weighted by Crippen LogP contribution is -2.16. The number of aromatic amines is 1. The number of nitrogens with one attached hydrogen (secondary N) is 1. The van der Waals surface area contributed by atoms with E-state index in [-0.39, 0.29) is 27.6 Å². The molecule has 4 N–H and O–H groups in total. The van der Waals surface area contributed by atoms with E-state index in [0.717, 1.165) is 16.8 Å². The molecule has 29 heavy (non-hydrogen) atoms. The third kappa shape index (κ3) is 4.04. The summed E-state index contributed by atoms with van der Waals surface area (Å²) in [6.45, 7) is 1.55. The van der Waals surface area contributed by atoms with Crippen molar-refractivity contribution in [3.8, 4) is 11.4 Å². The van der Waals surface area contributed by atoms with Gasteiger partial charge in [-0.15, -0.1) is 10.2 Å². The maximum absolute atomic E-state index is 12.6. The molecule has 3 aromatic rings. The second-order valence-electron chi connectivity index (χ2n) is 5.90. The van der Waals surface area contributed by atoms with E-state index in [1.165, 1.54) is 30.3 Å². The normalized spacial score (nSPS) is 11.8. The number of aromatic nitrogens is 2. The lowest BCUT2D eigenvalue weighted by atomic mass is 10.2. The number of nitrogens with two attached hydrogens (primary N) is 1. The Morgan fingerprint density at radius 2 is 1.93 bits per heavy atom. The third-order valence-electron chi connectivity index (χ3n) is 3.87.